The predicted molar refractivity (Wildman–Crippen MR) is 78.0 cm³/mol. The maximum atomic E-state index is 3.70. The maximum absolute atomic E-state index is 3.70. The molecule has 0 spiro atoms. The Balaban J connectivity index is 1.78. The Morgan fingerprint density at radius 2 is 1.83 bits per heavy atom. The lowest BCUT2D eigenvalue weighted by Crippen LogP contribution is -2.53. The van der Waals surface area contributed by atoms with Crippen LogP contribution in [0.2, 0.25) is 0 Å². The standard InChI is InChI=1S/C15H31N3/c1-4-8-16-14-5-11-18(13(2)12-14)15-6-9-17(3)10-7-15/h13-16H,4-12H2,1-3H3. The highest BCUT2D eigenvalue weighted by molar-refractivity contribution is 4.88. The second-order valence-corrected chi connectivity index (χ2v) is 6.30. The summed E-state index contributed by atoms with van der Waals surface area (Å²) in [5.41, 5.74) is 0. The summed E-state index contributed by atoms with van der Waals surface area (Å²) in [7, 11) is 2.25. The maximum Gasteiger partial charge on any atom is 0.0122 e. The van der Waals surface area contributed by atoms with E-state index < -0.39 is 0 Å². The molecule has 106 valence electrons. The van der Waals surface area contributed by atoms with Crippen LogP contribution in [-0.4, -0.2) is 61.2 Å². The third-order valence-corrected chi connectivity index (χ3v) is 4.77. The number of piperidine rings is 2. The van der Waals surface area contributed by atoms with E-state index in [9.17, 15) is 0 Å². The first-order chi connectivity index (χ1) is 8.70. The zero-order chi connectivity index (χ0) is 13.0. The lowest BCUT2D eigenvalue weighted by Gasteiger charge is -2.45. The highest BCUT2D eigenvalue weighted by Gasteiger charge is 2.31. The van der Waals surface area contributed by atoms with Crippen molar-refractivity contribution >= 4 is 0 Å². The van der Waals surface area contributed by atoms with Crippen molar-refractivity contribution in [3.05, 3.63) is 0 Å². The minimum Gasteiger partial charge on any atom is -0.314 e. The smallest absolute Gasteiger partial charge is 0.0122 e. The molecule has 0 aromatic rings. The molecule has 2 atom stereocenters. The van der Waals surface area contributed by atoms with E-state index in [2.05, 4.69) is 36.0 Å². The minimum absolute atomic E-state index is 0.765. The van der Waals surface area contributed by atoms with Crippen LogP contribution in [0, 0.1) is 0 Å². The van der Waals surface area contributed by atoms with Crippen LogP contribution in [0.5, 0.6) is 0 Å². The molecule has 2 aliphatic heterocycles. The van der Waals surface area contributed by atoms with Gasteiger partial charge in [-0.1, -0.05) is 6.92 Å². The second-order valence-electron chi connectivity index (χ2n) is 6.30. The molecule has 3 nitrogen and oxygen atoms in total. The fourth-order valence-electron chi connectivity index (χ4n) is 3.59. The van der Waals surface area contributed by atoms with Crippen LogP contribution in [0.3, 0.4) is 0 Å². The molecule has 2 fully saturated rings. The quantitative estimate of drug-likeness (QED) is 0.826. The molecule has 2 saturated heterocycles. The summed E-state index contributed by atoms with van der Waals surface area (Å²) in [5.74, 6) is 0. The van der Waals surface area contributed by atoms with E-state index in [1.165, 1.54) is 58.3 Å². The summed E-state index contributed by atoms with van der Waals surface area (Å²) in [4.78, 5) is 5.26. The summed E-state index contributed by atoms with van der Waals surface area (Å²) in [5, 5.41) is 3.70. The monoisotopic (exact) mass is 253 g/mol. The Hall–Kier alpha value is -0.120. The zero-order valence-electron chi connectivity index (χ0n) is 12.5. The molecule has 2 rings (SSSR count). The summed E-state index contributed by atoms with van der Waals surface area (Å²) < 4.78 is 0. The Bertz CT molecular complexity index is 236. The van der Waals surface area contributed by atoms with Crippen molar-refractivity contribution in [2.24, 2.45) is 0 Å². The molecule has 0 amide bonds. The third-order valence-electron chi connectivity index (χ3n) is 4.77. The summed E-state index contributed by atoms with van der Waals surface area (Å²) in [6, 6.07) is 2.38. The largest absolute Gasteiger partial charge is 0.314 e. The van der Waals surface area contributed by atoms with Crippen LogP contribution in [0.15, 0.2) is 0 Å². The molecule has 0 saturated carbocycles. The van der Waals surface area contributed by atoms with Gasteiger partial charge in [-0.15, -0.1) is 0 Å². The average Bonchev–Trinajstić information content (AvgIpc) is 2.38. The molecular formula is C15H31N3. The third kappa shape index (κ3) is 3.69. The van der Waals surface area contributed by atoms with Gasteiger partial charge in [-0.2, -0.15) is 0 Å². The van der Waals surface area contributed by atoms with Crippen LogP contribution < -0.4 is 5.32 Å². The molecule has 1 N–H and O–H groups in total. The number of likely N-dealkylation sites (tertiary alicyclic amines) is 2. The van der Waals surface area contributed by atoms with Crippen molar-refractivity contribution in [2.75, 3.05) is 33.2 Å². The zero-order valence-corrected chi connectivity index (χ0v) is 12.5. The molecule has 0 aliphatic carbocycles. The summed E-state index contributed by atoms with van der Waals surface area (Å²) in [6.45, 7) is 9.74. The van der Waals surface area contributed by atoms with E-state index in [-0.39, 0.29) is 0 Å². The number of rotatable bonds is 4. The summed E-state index contributed by atoms with van der Waals surface area (Å²) in [6.07, 6.45) is 6.67. The number of hydrogen-bond acceptors (Lipinski definition) is 3. The first-order valence-electron chi connectivity index (χ1n) is 7.88. The summed E-state index contributed by atoms with van der Waals surface area (Å²) >= 11 is 0. The molecule has 2 aliphatic rings. The number of hydrogen-bond donors (Lipinski definition) is 1. The molecule has 2 heterocycles. The van der Waals surface area contributed by atoms with E-state index in [4.69, 9.17) is 0 Å². The van der Waals surface area contributed by atoms with E-state index in [0.29, 0.717) is 0 Å². The van der Waals surface area contributed by atoms with Crippen LogP contribution in [-0.2, 0) is 0 Å². The molecule has 0 aromatic carbocycles. The van der Waals surface area contributed by atoms with Crippen molar-refractivity contribution in [1.29, 1.82) is 0 Å². The van der Waals surface area contributed by atoms with Gasteiger partial charge in [0.25, 0.3) is 0 Å². The van der Waals surface area contributed by atoms with Gasteiger partial charge in [-0.3, -0.25) is 4.90 Å². The van der Waals surface area contributed by atoms with Gasteiger partial charge in [-0.05, 0) is 65.7 Å². The molecule has 2 unspecified atom stereocenters. The molecule has 0 bridgehead atoms. The van der Waals surface area contributed by atoms with E-state index in [0.717, 1.165) is 18.1 Å². The first-order valence-corrected chi connectivity index (χ1v) is 7.88. The minimum atomic E-state index is 0.765. The fraction of sp³-hybridized carbons (Fsp3) is 1.00. The Morgan fingerprint density at radius 3 is 2.44 bits per heavy atom. The second kappa shape index (κ2) is 6.88. The molecule has 18 heavy (non-hydrogen) atoms. The SMILES string of the molecule is CCCNC1CCN(C2CCN(C)CC2)C(C)C1. The predicted octanol–water partition coefficient (Wildman–Crippen LogP) is 1.93. The van der Waals surface area contributed by atoms with Gasteiger partial charge in [0.05, 0.1) is 0 Å². The van der Waals surface area contributed by atoms with E-state index in [1.54, 1.807) is 0 Å². The van der Waals surface area contributed by atoms with Gasteiger partial charge < -0.3 is 10.2 Å². The van der Waals surface area contributed by atoms with Gasteiger partial charge in [0.15, 0.2) is 0 Å². The van der Waals surface area contributed by atoms with Gasteiger partial charge in [0.2, 0.25) is 0 Å². The van der Waals surface area contributed by atoms with E-state index in [1.807, 2.05) is 0 Å². The average molecular weight is 253 g/mol. The van der Waals surface area contributed by atoms with Gasteiger partial charge in [0.1, 0.15) is 0 Å². The number of nitrogens with zero attached hydrogens (tertiary/aromatic N) is 2. The van der Waals surface area contributed by atoms with Crippen LogP contribution in [0.25, 0.3) is 0 Å². The molecule has 0 aromatic heterocycles. The highest BCUT2D eigenvalue weighted by Crippen LogP contribution is 2.25. The lowest BCUT2D eigenvalue weighted by molar-refractivity contribution is 0.0527. The van der Waals surface area contributed by atoms with Crippen LogP contribution in [0.1, 0.15) is 46.0 Å². The fourth-order valence-corrected chi connectivity index (χ4v) is 3.59. The molecular weight excluding hydrogens is 222 g/mol. The van der Waals surface area contributed by atoms with Crippen LogP contribution in [0.4, 0.5) is 0 Å². The van der Waals surface area contributed by atoms with Gasteiger partial charge in [-0.25, -0.2) is 0 Å². The van der Waals surface area contributed by atoms with Crippen molar-refractivity contribution in [1.82, 2.24) is 15.1 Å². The highest BCUT2D eigenvalue weighted by atomic mass is 15.2. The van der Waals surface area contributed by atoms with Gasteiger partial charge >= 0.3 is 0 Å². The normalized spacial score (nSPS) is 32.8. The lowest BCUT2D eigenvalue weighted by atomic mass is 9.93. The molecule has 0 radical (unpaired) electrons. The Kier molecular flexibility index (Phi) is 5.46. The Morgan fingerprint density at radius 1 is 1.11 bits per heavy atom. The molecule has 3 heteroatoms. The van der Waals surface area contributed by atoms with E-state index >= 15 is 0 Å². The topological polar surface area (TPSA) is 18.5 Å². The Labute approximate surface area is 113 Å². The number of nitrogens with one attached hydrogen (secondary N) is 1. The van der Waals surface area contributed by atoms with Crippen LogP contribution >= 0.6 is 0 Å². The van der Waals surface area contributed by atoms with Crippen molar-refractivity contribution in [2.45, 2.75) is 64.1 Å². The van der Waals surface area contributed by atoms with Crippen molar-refractivity contribution in [3.63, 3.8) is 0 Å². The first kappa shape index (κ1) is 14.3. The van der Waals surface area contributed by atoms with Crippen molar-refractivity contribution in [3.8, 4) is 0 Å². The van der Waals surface area contributed by atoms with Crippen molar-refractivity contribution < 1.29 is 0 Å². The van der Waals surface area contributed by atoms with Gasteiger partial charge in [0, 0.05) is 24.7 Å².